The Labute approximate surface area is 97.4 Å². The Kier molecular flexibility index (Phi) is 5.46. The normalized spacial score (nSPS) is 10.8. The van der Waals surface area contributed by atoms with Crippen LogP contribution in [-0.4, -0.2) is 25.6 Å². The molecule has 0 aliphatic carbocycles. The van der Waals surface area contributed by atoms with Gasteiger partial charge in [-0.05, 0) is 37.0 Å². The van der Waals surface area contributed by atoms with E-state index in [1.54, 1.807) is 7.11 Å². The quantitative estimate of drug-likeness (QED) is 0.567. The predicted molar refractivity (Wildman–Crippen MR) is 65.4 cm³/mol. The molecule has 0 saturated carbocycles. The maximum absolute atomic E-state index is 9.06. The molecule has 0 heterocycles. The van der Waals surface area contributed by atoms with Crippen molar-refractivity contribution in [2.45, 2.75) is 26.8 Å². The molecule has 2 N–H and O–H groups in total. The fourth-order valence-corrected chi connectivity index (χ4v) is 2.00. The topological polar surface area (TPSA) is 41.5 Å². The molecule has 3 heteroatoms. The highest BCUT2D eigenvalue weighted by molar-refractivity contribution is 5.38. The Morgan fingerprint density at radius 2 is 2.06 bits per heavy atom. The molecule has 0 radical (unpaired) electrons. The van der Waals surface area contributed by atoms with Gasteiger partial charge in [0.15, 0.2) is 0 Å². The summed E-state index contributed by atoms with van der Waals surface area (Å²) < 4.78 is 4.96. The molecule has 0 aliphatic heterocycles. The van der Waals surface area contributed by atoms with E-state index in [0.29, 0.717) is 6.73 Å². The molecule has 0 fully saturated rings. The lowest BCUT2D eigenvalue weighted by molar-refractivity contribution is 0.174. The van der Waals surface area contributed by atoms with Gasteiger partial charge in [0.2, 0.25) is 0 Å². The van der Waals surface area contributed by atoms with E-state index in [1.165, 1.54) is 22.3 Å². The van der Waals surface area contributed by atoms with E-state index < -0.39 is 0 Å². The molecule has 1 rings (SSSR count). The number of hydrogen-bond acceptors (Lipinski definition) is 3. The average Bonchev–Trinajstić information content (AvgIpc) is 2.23. The second-order valence-electron chi connectivity index (χ2n) is 4.05. The summed E-state index contributed by atoms with van der Waals surface area (Å²) in [6.45, 7) is 5.71. The average molecular weight is 223 g/mol. The summed E-state index contributed by atoms with van der Waals surface area (Å²) in [5, 5.41) is 12.3. The van der Waals surface area contributed by atoms with Crippen molar-refractivity contribution < 1.29 is 9.84 Å². The van der Waals surface area contributed by atoms with Gasteiger partial charge in [0.25, 0.3) is 0 Å². The number of methoxy groups -OCH3 is 1. The first-order chi connectivity index (χ1) is 7.69. The third-order valence-corrected chi connectivity index (χ3v) is 2.63. The Morgan fingerprint density at radius 1 is 1.31 bits per heavy atom. The van der Waals surface area contributed by atoms with Crippen molar-refractivity contribution >= 4 is 0 Å². The molecular formula is C13H21NO2. The van der Waals surface area contributed by atoms with Crippen LogP contribution in [0.4, 0.5) is 0 Å². The van der Waals surface area contributed by atoms with Crippen molar-refractivity contribution in [1.29, 1.82) is 0 Å². The minimum Gasteiger partial charge on any atom is -0.396 e. The molecule has 0 aliphatic rings. The Balaban J connectivity index is 2.85. The zero-order chi connectivity index (χ0) is 12.0. The summed E-state index contributed by atoms with van der Waals surface area (Å²) in [6, 6.07) is 4.32. The van der Waals surface area contributed by atoms with Crippen molar-refractivity contribution in [2.75, 3.05) is 20.4 Å². The van der Waals surface area contributed by atoms with E-state index in [0.717, 1.165) is 13.0 Å². The lowest BCUT2D eigenvalue weighted by atomic mass is 9.96. The van der Waals surface area contributed by atoms with E-state index in [9.17, 15) is 0 Å². The molecule has 0 amide bonds. The van der Waals surface area contributed by atoms with Crippen LogP contribution >= 0.6 is 0 Å². The smallest absolute Gasteiger partial charge is 0.0964 e. The second-order valence-corrected chi connectivity index (χ2v) is 4.05. The molecule has 0 atom stereocenters. The van der Waals surface area contributed by atoms with Gasteiger partial charge in [-0.25, -0.2) is 0 Å². The van der Waals surface area contributed by atoms with E-state index in [-0.39, 0.29) is 6.61 Å². The van der Waals surface area contributed by atoms with Crippen LogP contribution in [0.15, 0.2) is 12.1 Å². The summed E-state index contributed by atoms with van der Waals surface area (Å²) in [6.07, 6.45) is 0.718. The van der Waals surface area contributed by atoms with Gasteiger partial charge in [-0.2, -0.15) is 0 Å². The van der Waals surface area contributed by atoms with Crippen molar-refractivity contribution in [3.05, 3.63) is 34.4 Å². The summed E-state index contributed by atoms with van der Waals surface area (Å²) in [7, 11) is 1.67. The zero-order valence-corrected chi connectivity index (χ0v) is 10.3. The number of aliphatic hydroxyl groups excluding tert-OH is 1. The standard InChI is InChI=1S/C13H21NO2/c1-10-6-11(2)13(4-5-15)12(7-10)8-14-9-16-3/h6-7,14-15H,4-5,8-9H2,1-3H3. The van der Waals surface area contributed by atoms with Gasteiger partial charge < -0.3 is 9.84 Å². The number of nitrogens with one attached hydrogen (secondary N) is 1. The molecule has 0 saturated heterocycles. The van der Waals surface area contributed by atoms with E-state index in [2.05, 4.69) is 31.3 Å². The van der Waals surface area contributed by atoms with Crippen LogP contribution < -0.4 is 5.32 Å². The minimum atomic E-state index is 0.196. The molecule has 0 unspecified atom stereocenters. The van der Waals surface area contributed by atoms with Crippen LogP contribution in [0.1, 0.15) is 22.3 Å². The van der Waals surface area contributed by atoms with Crippen molar-refractivity contribution in [1.82, 2.24) is 5.32 Å². The van der Waals surface area contributed by atoms with Gasteiger partial charge in [-0.1, -0.05) is 17.7 Å². The largest absolute Gasteiger partial charge is 0.396 e. The Morgan fingerprint density at radius 3 is 2.69 bits per heavy atom. The molecule has 3 nitrogen and oxygen atoms in total. The minimum absolute atomic E-state index is 0.196. The molecular weight excluding hydrogens is 202 g/mol. The Hall–Kier alpha value is -0.900. The highest BCUT2D eigenvalue weighted by Crippen LogP contribution is 2.17. The summed E-state index contributed by atoms with van der Waals surface area (Å²) in [4.78, 5) is 0. The molecule has 90 valence electrons. The summed E-state index contributed by atoms with van der Waals surface area (Å²) in [5.74, 6) is 0. The Bertz CT molecular complexity index is 337. The molecule has 0 bridgehead atoms. The molecule has 0 aromatic heterocycles. The first-order valence-electron chi connectivity index (χ1n) is 5.58. The van der Waals surface area contributed by atoms with Crippen LogP contribution in [0.2, 0.25) is 0 Å². The van der Waals surface area contributed by atoms with Crippen molar-refractivity contribution in [3.8, 4) is 0 Å². The van der Waals surface area contributed by atoms with Gasteiger partial charge >= 0.3 is 0 Å². The van der Waals surface area contributed by atoms with Crippen molar-refractivity contribution in [3.63, 3.8) is 0 Å². The first-order valence-corrected chi connectivity index (χ1v) is 5.58. The fourth-order valence-electron chi connectivity index (χ4n) is 2.00. The highest BCUT2D eigenvalue weighted by Gasteiger charge is 2.06. The lowest BCUT2D eigenvalue weighted by Gasteiger charge is -2.14. The summed E-state index contributed by atoms with van der Waals surface area (Å²) >= 11 is 0. The number of aryl methyl sites for hydroxylation is 2. The third-order valence-electron chi connectivity index (χ3n) is 2.63. The molecule has 0 spiro atoms. The number of aliphatic hydroxyl groups is 1. The van der Waals surface area contributed by atoms with Crippen LogP contribution in [0.3, 0.4) is 0 Å². The first kappa shape index (κ1) is 13.2. The van der Waals surface area contributed by atoms with E-state index >= 15 is 0 Å². The van der Waals surface area contributed by atoms with Gasteiger partial charge in [0, 0.05) is 20.3 Å². The maximum atomic E-state index is 9.06. The number of hydrogen-bond donors (Lipinski definition) is 2. The number of benzene rings is 1. The third kappa shape index (κ3) is 3.59. The second kappa shape index (κ2) is 6.63. The van der Waals surface area contributed by atoms with Crippen molar-refractivity contribution in [2.24, 2.45) is 0 Å². The SMILES string of the molecule is COCNCc1cc(C)cc(C)c1CCO. The number of ether oxygens (including phenoxy) is 1. The maximum Gasteiger partial charge on any atom is 0.0964 e. The van der Waals surface area contributed by atoms with Crippen LogP contribution in [-0.2, 0) is 17.7 Å². The molecule has 1 aromatic rings. The van der Waals surface area contributed by atoms with E-state index in [4.69, 9.17) is 9.84 Å². The van der Waals surface area contributed by atoms with Crippen LogP contribution in [0, 0.1) is 13.8 Å². The molecule has 16 heavy (non-hydrogen) atoms. The van der Waals surface area contributed by atoms with E-state index in [1.807, 2.05) is 0 Å². The van der Waals surface area contributed by atoms with Gasteiger partial charge in [0.05, 0.1) is 6.73 Å². The predicted octanol–water partition coefficient (Wildman–Crippen LogP) is 1.53. The van der Waals surface area contributed by atoms with Gasteiger partial charge in [-0.3, -0.25) is 5.32 Å². The van der Waals surface area contributed by atoms with Gasteiger partial charge in [0.1, 0.15) is 0 Å². The monoisotopic (exact) mass is 223 g/mol. The number of rotatable bonds is 6. The van der Waals surface area contributed by atoms with Gasteiger partial charge in [-0.15, -0.1) is 0 Å². The van der Waals surface area contributed by atoms with Crippen LogP contribution in [0.5, 0.6) is 0 Å². The summed E-state index contributed by atoms with van der Waals surface area (Å²) in [5.41, 5.74) is 5.01. The zero-order valence-electron chi connectivity index (χ0n) is 10.3. The highest BCUT2D eigenvalue weighted by atomic mass is 16.5. The lowest BCUT2D eigenvalue weighted by Crippen LogP contribution is -2.17. The van der Waals surface area contributed by atoms with Crippen LogP contribution in [0.25, 0.3) is 0 Å². The fraction of sp³-hybridized carbons (Fsp3) is 0.538. The molecule has 1 aromatic carbocycles.